The molecule has 1 aromatic rings. The minimum absolute atomic E-state index is 0.173. The van der Waals surface area contributed by atoms with Crippen LogP contribution in [0.3, 0.4) is 0 Å². The number of hydrogen-bond donors (Lipinski definition) is 0. The van der Waals surface area contributed by atoms with E-state index in [1.165, 1.54) is 6.07 Å². The van der Waals surface area contributed by atoms with Crippen LogP contribution in [0.2, 0.25) is 0 Å². The van der Waals surface area contributed by atoms with Crippen LogP contribution in [0.1, 0.15) is 18.9 Å². The molecule has 0 aliphatic carbocycles. The zero-order valence-corrected chi connectivity index (χ0v) is 11.6. The van der Waals surface area contributed by atoms with Gasteiger partial charge in [0.2, 0.25) is 0 Å². The molecule has 0 bridgehead atoms. The lowest BCUT2D eigenvalue weighted by Crippen LogP contribution is -2.28. The van der Waals surface area contributed by atoms with Crippen LogP contribution in [0.15, 0.2) is 18.2 Å². The lowest BCUT2D eigenvalue weighted by atomic mass is 10.1. The van der Waals surface area contributed by atoms with E-state index in [2.05, 4.69) is 23.8 Å². The summed E-state index contributed by atoms with van der Waals surface area (Å²) in [5, 5.41) is 9.08. The molecular formula is C15H20FN3. The van der Waals surface area contributed by atoms with Crippen molar-refractivity contribution in [1.82, 2.24) is 4.90 Å². The zero-order valence-electron chi connectivity index (χ0n) is 11.6. The summed E-state index contributed by atoms with van der Waals surface area (Å²) in [6.45, 7) is 6.06. The second-order valence-electron chi connectivity index (χ2n) is 5.20. The fourth-order valence-corrected chi connectivity index (χ4v) is 2.66. The Hall–Kier alpha value is -1.60. The summed E-state index contributed by atoms with van der Waals surface area (Å²) < 4.78 is 13.6. The first kappa shape index (κ1) is 13.8. The summed E-state index contributed by atoms with van der Waals surface area (Å²) >= 11 is 0. The second-order valence-corrected chi connectivity index (χ2v) is 5.20. The highest BCUT2D eigenvalue weighted by molar-refractivity contribution is 5.60. The maximum atomic E-state index is 13.6. The molecule has 1 saturated heterocycles. The van der Waals surface area contributed by atoms with Crippen molar-refractivity contribution in [3.05, 3.63) is 29.6 Å². The lowest BCUT2D eigenvalue weighted by molar-refractivity contribution is 0.300. The van der Waals surface area contributed by atoms with Crippen molar-refractivity contribution in [1.29, 1.82) is 5.26 Å². The van der Waals surface area contributed by atoms with Crippen LogP contribution in [0.5, 0.6) is 0 Å². The van der Waals surface area contributed by atoms with Crippen molar-refractivity contribution < 1.29 is 4.39 Å². The van der Waals surface area contributed by atoms with Gasteiger partial charge in [0.15, 0.2) is 0 Å². The Balaban J connectivity index is 2.09. The number of rotatable bonds is 4. The van der Waals surface area contributed by atoms with Crippen LogP contribution in [0.25, 0.3) is 0 Å². The van der Waals surface area contributed by atoms with Crippen molar-refractivity contribution in [2.45, 2.75) is 13.3 Å². The molecule has 0 radical (unpaired) electrons. The Morgan fingerprint density at radius 1 is 1.53 bits per heavy atom. The molecule has 2 rings (SSSR count). The van der Waals surface area contributed by atoms with Gasteiger partial charge in [-0.05, 0) is 38.1 Å². The third kappa shape index (κ3) is 3.05. The number of anilines is 1. The number of nitriles is 1. The predicted molar refractivity (Wildman–Crippen MR) is 74.6 cm³/mol. The van der Waals surface area contributed by atoms with Crippen LogP contribution in [-0.4, -0.2) is 38.1 Å². The molecular weight excluding hydrogens is 241 g/mol. The van der Waals surface area contributed by atoms with Gasteiger partial charge in [-0.25, -0.2) is 4.39 Å². The van der Waals surface area contributed by atoms with E-state index >= 15 is 0 Å². The molecule has 0 aromatic heterocycles. The molecule has 1 heterocycles. The van der Waals surface area contributed by atoms with Gasteiger partial charge in [-0.1, -0.05) is 13.0 Å². The van der Waals surface area contributed by atoms with Crippen molar-refractivity contribution in [3.8, 4) is 6.07 Å². The number of hydrogen-bond acceptors (Lipinski definition) is 3. The highest BCUT2D eigenvalue weighted by Crippen LogP contribution is 2.28. The third-order valence-corrected chi connectivity index (χ3v) is 3.84. The molecule has 102 valence electrons. The summed E-state index contributed by atoms with van der Waals surface area (Å²) in [4.78, 5) is 4.43. The minimum Gasteiger partial charge on any atom is -0.370 e. The topological polar surface area (TPSA) is 30.3 Å². The maximum absolute atomic E-state index is 13.6. The van der Waals surface area contributed by atoms with E-state index in [0.717, 1.165) is 38.3 Å². The Labute approximate surface area is 114 Å². The third-order valence-electron chi connectivity index (χ3n) is 3.84. The van der Waals surface area contributed by atoms with Gasteiger partial charge >= 0.3 is 0 Å². The smallest absolute Gasteiger partial charge is 0.143 e. The van der Waals surface area contributed by atoms with Gasteiger partial charge in [0.25, 0.3) is 0 Å². The molecule has 0 unspecified atom stereocenters. The molecule has 4 heteroatoms. The molecule has 1 fully saturated rings. The van der Waals surface area contributed by atoms with E-state index in [1.54, 1.807) is 6.07 Å². The maximum Gasteiger partial charge on any atom is 0.143 e. The standard InChI is InChI=1S/C15H20FN3/c1-3-18(2)10-12-7-8-19(11-12)15-6-4-5-14(16)13(15)9-17/h4-6,12H,3,7-8,10-11H2,1-2H3/t12-/m0/s1. The first-order valence-corrected chi connectivity index (χ1v) is 6.77. The van der Waals surface area contributed by atoms with Crippen LogP contribution in [-0.2, 0) is 0 Å². The van der Waals surface area contributed by atoms with Gasteiger partial charge in [-0.2, -0.15) is 5.26 Å². The average molecular weight is 261 g/mol. The molecule has 1 aliphatic heterocycles. The Kier molecular flexibility index (Phi) is 4.39. The van der Waals surface area contributed by atoms with E-state index in [4.69, 9.17) is 5.26 Å². The van der Waals surface area contributed by atoms with Gasteiger partial charge in [-0.15, -0.1) is 0 Å². The summed E-state index contributed by atoms with van der Waals surface area (Å²) in [6.07, 6.45) is 1.10. The van der Waals surface area contributed by atoms with Crippen LogP contribution in [0, 0.1) is 23.1 Å². The van der Waals surface area contributed by atoms with Crippen LogP contribution in [0.4, 0.5) is 10.1 Å². The van der Waals surface area contributed by atoms with Gasteiger partial charge in [0.1, 0.15) is 17.4 Å². The lowest BCUT2D eigenvalue weighted by Gasteiger charge is -2.22. The SMILES string of the molecule is CCN(C)C[C@@H]1CCN(c2cccc(F)c2C#N)C1. The van der Waals surface area contributed by atoms with E-state index in [9.17, 15) is 4.39 Å². The van der Waals surface area contributed by atoms with E-state index < -0.39 is 5.82 Å². The molecule has 1 aromatic carbocycles. The molecule has 3 nitrogen and oxygen atoms in total. The Morgan fingerprint density at radius 2 is 2.32 bits per heavy atom. The summed E-state index contributed by atoms with van der Waals surface area (Å²) in [6, 6.07) is 6.85. The minimum atomic E-state index is -0.422. The average Bonchev–Trinajstić information content (AvgIpc) is 2.86. The fourth-order valence-electron chi connectivity index (χ4n) is 2.66. The molecule has 19 heavy (non-hydrogen) atoms. The normalized spacial score (nSPS) is 18.9. The Morgan fingerprint density at radius 3 is 3.00 bits per heavy atom. The molecule has 0 spiro atoms. The molecule has 0 amide bonds. The first-order valence-electron chi connectivity index (χ1n) is 6.77. The van der Waals surface area contributed by atoms with Crippen LogP contribution < -0.4 is 4.90 Å². The Bertz CT molecular complexity index is 481. The summed E-state index contributed by atoms with van der Waals surface area (Å²) in [7, 11) is 2.12. The van der Waals surface area contributed by atoms with E-state index in [0.29, 0.717) is 5.92 Å². The molecule has 0 saturated carbocycles. The van der Waals surface area contributed by atoms with Crippen molar-refractivity contribution in [3.63, 3.8) is 0 Å². The number of halogens is 1. The van der Waals surface area contributed by atoms with Crippen molar-refractivity contribution in [2.75, 3.05) is 38.1 Å². The molecule has 1 atom stereocenters. The molecule has 0 N–H and O–H groups in total. The zero-order chi connectivity index (χ0) is 13.8. The largest absolute Gasteiger partial charge is 0.370 e. The van der Waals surface area contributed by atoms with Crippen molar-refractivity contribution >= 4 is 5.69 Å². The summed E-state index contributed by atoms with van der Waals surface area (Å²) in [5.74, 6) is 0.175. The van der Waals surface area contributed by atoms with Gasteiger partial charge < -0.3 is 9.80 Å². The predicted octanol–water partition coefficient (Wildman–Crippen LogP) is 2.48. The second kappa shape index (κ2) is 6.03. The molecule has 1 aliphatic rings. The highest BCUT2D eigenvalue weighted by atomic mass is 19.1. The monoisotopic (exact) mass is 261 g/mol. The number of benzene rings is 1. The van der Waals surface area contributed by atoms with Crippen molar-refractivity contribution in [2.24, 2.45) is 5.92 Å². The fraction of sp³-hybridized carbons (Fsp3) is 0.533. The van der Waals surface area contributed by atoms with E-state index in [1.807, 2.05) is 12.1 Å². The first-order chi connectivity index (χ1) is 9.15. The van der Waals surface area contributed by atoms with Gasteiger partial charge in [0.05, 0.1) is 5.69 Å². The van der Waals surface area contributed by atoms with Gasteiger partial charge in [-0.3, -0.25) is 0 Å². The number of nitrogens with zero attached hydrogens (tertiary/aromatic N) is 3. The summed E-state index contributed by atoms with van der Waals surface area (Å²) in [5.41, 5.74) is 0.913. The quantitative estimate of drug-likeness (QED) is 0.834. The van der Waals surface area contributed by atoms with Gasteiger partial charge in [0, 0.05) is 19.6 Å². The highest BCUT2D eigenvalue weighted by Gasteiger charge is 2.25. The van der Waals surface area contributed by atoms with Crippen LogP contribution >= 0.6 is 0 Å². The van der Waals surface area contributed by atoms with E-state index in [-0.39, 0.29) is 5.56 Å².